The van der Waals surface area contributed by atoms with Gasteiger partial charge in [-0.15, -0.1) is 5.10 Å². The zero-order valence-electron chi connectivity index (χ0n) is 8.86. The molecule has 0 radical (unpaired) electrons. The van der Waals surface area contributed by atoms with E-state index in [0.717, 1.165) is 11.8 Å². The topological polar surface area (TPSA) is 91.0 Å². The molecule has 7 nitrogen and oxygen atoms in total. The van der Waals surface area contributed by atoms with E-state index in [4.69, 9.17) is 9.15 Å². The predicted molar refractivity (Wildman–Crippen MR) is 56.4 cm³/mol. The van der Waals surface area contributed by atoms with Gasteiger partial charge in [-0.05, 0) is 18.7 Å². The molecule has 2 aromatic heterocycles. The van der Waals surface area contributed by atoms with Gasteiger partial charge in [-0.1, -0.05) is 5.10 Å². The van der Waals surface area contributed by atoms with Gasteiger partial charge in [0.1, 0.15) is 5.03 Å². The van der Waals surface area contributed by atoms with Crippen molar-refractivity contribution in [3.63, 3.8) is 0 Å². The first kappa shape index (κ1) is 11.5. The Hall–Kier alpha value is -1.96. The summed E-state index contributed by atoms with van der Waals surface area (Å²) < 4.78 is 9.82. The van der Waals surface area contributed by atoms with Gasteiger partial charge in [-0.25, -0.2) is 9.78 Å². The molecular weight excluding hydrogens is 244 g/mol. The van der Waals surface area contributed by atoms with Crippen molar-refractivity contribution in [2.24, 2.45) is 0 Å². The molecular formula is C9H8N4O3S. The Kier molecular flexibility index (Phi) is 3.66. The molecule has 0 fully saturated rings. The van der Waals surface area contributed by atoms with Gasteiger partial charge in [0.25, 0.3) is 5.22 Å². The zero-order chi connectivity index (χ0) is 12.1. The van der Waals surface area contributed by atoms with Crippen LogP contribution in [-0.4, -0.2) is 32.7 Å². The molecule has 2 heterocycles. The SMILES string of the molecule is CCOC(=O)c1nnc(Sc2cnccn2)o1. The molecule has 0 unspecified atom stereocenters. The molecule has 17 heavy (non-hydrogen) atoms. The van der Waals surface area contributed by atoms with Gasteiger partial charge in [0.05, 0.1) is 12.8 Å². The standard InChI is InChI=1S/C9H8N4O3S/c1-2-15-8(14)7-12-13-9(16-7)17-6-5-10-3-4-11-6/h3-5H,2H2,1H3. The zero-order valence-corrected chi connectivity index (χ0v) is 9.68. The van der Waals surface area contributed by atoms with E-state index in [2.05, 4.69) is 20.2 Å². The normalized spacial score (nSPS) is 10.2. The number of ether oxygens (including phenoxy) is 1. The van der Waals surface area contributed by atoms with Crippen molar-refractivity contribution >= 4 is 17.7 Å². The number of hydrogen-bond donors (Lipinski definition) is 0. The van der Waals surface area contributed by atoms with Crippen LogP contribution in [0.25, 0.3) is 0 Å². The molecule has 0 aliphatic carbocycles. The Morgan fingerprint density at radius 3 is 3.06 bits per heavy atom. The minimum atomic E-state index is -0.633. The predicted octanol–water partition coefficient (Wildman–Crippen LogP) is 1.19. The van der Waals surface area contributed by atoms with E-state index in [1.165, 1.54) is 0 Å². The van der Waals surface area contributed by atoms with E-state index in [1.807, 2.05) is 0 Å². The lowest BCUT2D eigenvalue weighted by molar-refractivity contribution is 0.0475. The molecule has 0 spiro atoms. The summed E-state index contributed by atoms with van der Waals surface area (Å²) in [5.41, 5.74) is 0. The second-order valence-corrected chi connectivity index (χ2v) is 3.71. The summed E-state index contributed by atoms with van der Waals surface area (Å²) in [6.07, 6.45) is 4.66. The van der Waals surface area contributed by atoms with Crippen molar-refractivity contribution in [1.82, 2.24) is 20.2 Å². The number of carbonyl (C=O) groups is 1. The first-order chi connectivity index (χ1) is 8.29. The van der Waals surface area contributed by atoms with Crippen LogP contribution in [0.3, 0.4) is 0 Å². The number of rotatable bonds is 4. The molecule has 2 rings (SSSR count). The Morgan fingerprint density at radius 1 is 1.47 bits per heavy atom. The van der Waals surface area contributed by atoms with Crippen molar-refractivity contribution in [3.8, 4) is 0 Å². The van der Waals surface area contributed by atoms with Gasteiger partial charge in [0.15, 0.2) is 0 Å². The van der Waals surface area contributed by atoms with Crippen LogP contribution >= 0.6 is 11.8 Å². The fourth-order valence-electron chi connectivity index (χ4n) is 0.954. The number of aromatic nitrogens is 4. The third kappa shape index (κ3) is 3.00. The summed E-state index contributed by atoms with van der Waals surface area (Å²) >= 11 is 1.12. The number of nitrogens with zero attached hydrogens (tertiary/aromatic N) is 4. The van der Waals surface area contributed by atoms with Crippen molar-refractivity contribution in [3.05, 3.63) is 24.5 Å². The highest BCUT2D eigenvalue weighted by atomic mass is 32.2. The van der Waals surface area contributed by atoms with Gasteiger partial charge in [-0.3, -0.25) is 4.98 Å². The lowest BCUT2D eigenvalue weighted by Gasteiger charge is -1.94. The van der Waals surface area contributed by atoms with Crippen LogP contribution in [0.15, 0.2) is 33.3 Å². The second-order valence-electron chi connectivity index (χ2n) is 2.74. The van der Waals surface area contributed by atoms with Crippen molar-refractivity contribution in [2.75, 3.05) is 6.61 Å². The number of hydrogen-bond acceptors (Lipinski definition) is 8. The van der Waals surface area contributed by atoms with E-state index in [-0.39, 0.29) is 17.7 Å². The van der Waals surface area contributed by atoms with Crippen LogP contribution in [-0.2, 0) is 4.74 Å². The third-order valence-electron chi connectivity index (χ3n) is 1.59. The lowest BCUT2D eigenvalue weighted by atomic mass is 10.7. The maximum absolute atomic E-state index is 11.3. The molecule has 0 saturated carbocycles. The third-order valence-corrected chi connectivity index (χ3v) is 2.35. The number of carbonyl (C=O) groups excluding carboxylic acids is 1. The van der Waals surface area contributed by atoms with Gasteiger partial charge in [0, 0.05) is 12.4 Å². The first-order valence-corrected chi connectivity index (χ1v) is 5.55. The monoisotopic (exact) mass is 252 g/mol. The van der Waals surface area contributed by atoms with Crippen molar-refractivity contribution < 1.29 is 13.9 Å². The molecule has 0 aliphatic heterocycles. The van der Waals surface area contributed by atoms with E-state index >= 15 is 0 Å². The highest BCUT2D eigenvalue weighted by Gasteiger charge is 2.16. The summed E-state index contributed by atoms with van der Waals surface area (Å²) in [5, 5.41) is 8.08. The molecule has 0 saturated heterocycles. The van der Waals surface area contributed by atoms with Crippen LogP contribution in [0.4, 0.5) is 0 Å². The fourth-order valence-corrected chi connectivity index (χ4v) is 1.56. The molecule has 0 N–H and O–H groups in total. The van der Waals surface area contributed by atoms with E-state index in [1.54, 1.807) is 25.5 Å². The van der Waals surface area contributed by atoms with E-state index < -0.39 is 5.97 Å². The quantitative estimate of drug-likeness (QED) is 0.749. The summed E-state index contributed by atoms with van der Waals surface area (Å²) in [6.45, 7) is 1.96. The molecule has 0 amide bonds. The van der Waals surface area contributed by atoms with Crippen molar-refractivity contribution in [2.45, 2.75) is 17.2 Å². The molecule has 0 aromatic carbocycles. The Balaban J connectivity index is 2.06. The number of esters is 1. The maximum atomic E-state index is 11.3. The van der Waals surface area contributed by atoms with Crippen LogP contribution in [0, 0.1) is 0 Å². The lowest BCUT2D eigenvalue weighted by Crippen LogP contribution is -2.04. The Labute approximate surface area is 101 Å². The van der Waals surface area contributed by atoms with Crippen LogP contribution in [0.2, 0.25) is 0 Å². The molecule has 8 heteroatoms. The Bertz CT molecular complexity index is 502. The smallest absolute Gasteiger partial charge is 0.396 e. The molecule has 0 bridgehead atoms. The maximum Gasteiger partial charge on any atom is 0.396 e. The van der Waals surface area contributed by atoms with E-state index in [0.29, 0.717) is 5.03 Å². The average Bonchev–Trinajstić information content (AvgIpc) is 2.79. The fraction of sp³-hybridized carbons (Fsp3) is 0.222. The Morgan fingerprint density at radius 2 is 2.35 bits per heavy atom. The van der Waals surface area contributed by atoms with Gasteiger partial charge in [0.2, 0.25) is 0 Å². The van der Waals surface area contributed by atoms with Crippen LogP contribution < -0.4 is 0 Å². The van der Waals surface area contributed by atoms with Gasteiger partial charge >= 0.3 is 11.9 Å². The average molecular weight is 252 g/mol. The summed E-state index contributed by atoms with van der Waals surface area (Å²) in [5.74, 6) is -0.802. The molecule has 2 aromatic rings. The molecule has 88 valence electrons. The highest BCUT2D eigenvalue weighted by molar-refractivity contribution is 7.99. The minimum absolute atomic E-state index is 0.168. The van der Waals surface area contributed by atoms with E-state index in [9.17, 15) is 4.79 Å². The summed E-state index contributed by atoms with van der Waals surface area (Å²) in [6, 6.07) is 0. The summed E-state index contributed by atoms with van der Waals surface area (Å²) in [4.78, 5) is 19.2. The van der Waals surface area contributed by atoms with Crippen LogP contribution in [0.1, 0.15) is 17.6 Å². The molecule has 0 aliphatic rings. The second kappa shape index (κ2) is 5.39. The van der Waals surface area contributed by atoms with Crippen LogP contribution in [0.5, 0.6) is 0 Å². The first-order valence-electron chi connectivity index (χ1n) is 4.74. The van der Waals surface area contributed by atoms with Crippen molar-refractivity contribution in [1.29, 1.82) is 0 Å². The highest BCUT2D eigenvalue weighted by Crippen LogP contribution is 2.23. The van der Waals surface area contributed by atoms with Gasteiger partial charge in [-0.2, -0.15) is 0 Å². The largest absolute Gasteiger partial charge is 0.459 e. The minimum Gasteiger partial charge on any atom is -0.459 e. The summed E-state index contributed by atoms with van der Waals surface area (Å²) in [7, 11) is 0. The van der Waals surface area contributed by atoms with Gasteiger partial charge < -0.3 is 9.15 Å². The molecule has 0 atom stereocenters.